The molecule has 5 nitrogen and oxygen atoms in total. The first-order valence-corrected chi connectivity index (χ1v) is 7.80. The van der Waals surface area contributed by atoms with Crippen LogP contribution in [0.4, 0.5) is 5.69 Å². The van der Waals surface area contributed by atoms with E-state index < -0.39 is 5.97 Å². The van der Waals surface area contributed by atoms with Gasteiger partial charge in [-0.3, -0.25) is 4.79 Å². The van der Waals surface area contributed by atoms with Gasteiger partial charge in [0.15, 0.2) is 0 Å². The smallest absolute Gasteiger partial charge is 0.335 e. The normalized spacial score (nSPS) is 10.7. The summed E-state index contributed by atoms with van der Waals surface area (Å²) < 4.78 is 5.23. The van der Waals surface area contributed by atoms with Crippen molar-refractivity contribution in [1.29, 1.82) is 0 Å². The summed E-state index contributed by atoms with van der Waals surface area (Å²) in [6.45, 7) is 5.71. The number of amides is 1. The van der Waals surface area contributed by atoms with Crippen LogP contribution in [0.3, 0.4) is 0 Å². The summed E-state index contributed by atoms with van der Waals surface area (Å²) in [6, 6.07) is 8.44. The molecule has 0 aromatic heterocycles. The molecule has 2 N–H and O–H groups in total. The van der Waals surface area contributed by atoms with Gasteiger partial charge < -0.3 is 15.2 Å². The quantitative estimate of drug-likeness (QED) is 0.808. The highest BCUT2D eigenvalue weighted by Gasteiger charge is 2.08. The first-order valence-electron chi connectivity index (χ1n) is 7.80. The minimum absolute atomic E-state index is 0.131. The lowest BCUT2D eigenvalue weighted by Gasteiger charge is -2.09. The molecule has 0 fully saturated rings. The maximum absolute atomic E-state index is 12.2. The highest BCUT2D eigenvalue weighted by molar-refractivity contribution is 6.03. The Kier molecular flexibility index (Phi) is 5.60. The third kappa shape index (κ3) is 4.47. The van der Waals surface area contributed by atoms with Crippen molar-refractivity contribution < 1.29 is 19.4 Å². The van der Waals surface area contributed by atoms with Gasteiger partial charge in [-0.25, -0.2) is 4.79 Å². The Balaban J connectivity index is 2.20. The second kappa shape index (κ2) is 7.66. The first-order chi connectivity index (χ1) is 11.8. The van der Waals surface area contributed by atoms with Gasteiger partial charge in [-0.1, -0.05) is 6.07 Å². The number of aryl methyl sites for hydroxylation is 3. The number of anilines is 1. The molecule has 25 heavy (non-hydrogen) atoms. The summed E-state index contributed by atoms with van der Waals surface area (Å²) in [4.78, 5) is 23.2. The number of carboxylic acids is 1. The van der Waals surface area contributed by atoms with E-state index in [0.717, 1.165) is 28.0 Å². The fraction of sp³-hybridized carbons (Fsp3) is 0.200. The average Bonchev–Trinajstić information content (AvgIpc) is 2.55. The number of ether oxygens (including phenoxy) is 1. The van der Waals surface area contributed by atoms with Crippen LogP contribution in [0.5, 0.6) is 5.75 Å². The van der Waals surface area contributed by atoms with Gasteiger partial charge >= 0.3 is 5.97 Å². The molecule has 0 atom stereocenters. The summed E-state index contributed by atoms with van der Waals surface area (Å²) >= 11 is 0. The van der Waals surface area contributed by atoms with Crippen LogP contribution in [-0.4, -0.2) is 24.1 Å². The highest BCUT2D eigenvalue weighted by Crippen LogP contribution is 2.23. The lowest BCUT2D eigenvalue weighted by atomic mass is 10.0. The summed E-state index contributed by atoms with van der Waals surface area (Å²) in [7, 11) is 1.62. The fourth-order valence-electron chi connectivity index (χ4n) is 2.54. The van der Waals surface area contributed by atoms with Gasteiger partial charge in [0, 0.05) is 11.8 Å². The monoisotopic (exact) mass is 339 g/mol. The molecule has 0 spiro atoms. The predicted octanol–water partition coefficient (Wildman–Crippen LogP) is 3.97. The van der Waals surface area contributed by atoms with Gasteiger partial charge in [-0.15, -0.1) is 0 Å². The molecule has 0 aliphatic carbocycles. The van der Waals surface area contributed by atoms with E-state index in [1.165, 1.54) is 18.2 Å². The Hall–Kier alpha value is -3.08. The predicted molar refractivity (Wildman–Crippen MR) is 98.3 cm³/mol. The van der Waals surface area contributed by atoms with Crippen LogP contribution in [0.2, 0.25) is 0 Å². The second-order valence-electron chi connectivity index (χ2n) is 5.83. The summed E-state index contributed by atoms with van der Waals surface area (Å²) in [5.74, 6) is -0.575. The number of benzene rings is 2. The van der Waals surface area contributed by atoms with Gasteiger partial charge in [0.1, 0.15) is 5.75 Å². The van der Waals surface area contributed by atoms with Crippen molar-refractivity contribution in [3.05, 3.63) is 64.2 Å². The Bertz CT molecular complexity index is 830. The maximum atomic E-state index is 12.2. The van der Waals surface area contributed by atoms with Crippen LogP contribution >= 0.6 is 0 Å². The Morgan fingerprint density at radius 3 is 2.24 bits per heavy atom. The number of hydrogen-bond donors (Lipinski definition) is 2. The SMILES string of the molecule is COc1cc(C)c(/C=C/C(=O)Nc2cc(C(=O)O)ccc2C)c(C)c1. The van der Waals surface area contributed by atoms with E-state index in [9.17, 15) is 9.59 Å². The number of nitrogens with one attached hydrogen (secondary N) is 1. The molecule has 0 aliphatic heterocycles. The molecule has 0 radical (unpaired) electrons. The Morgan fingerprint density at radius 2 is 1.68 bits per heavy atom. The standard InChI is InChI=1S/C20H21NO4/c1-12-5-6-15(20(23)24)11-18(12)21-19(22)8-7-17-13(2)9-16(25-4)10-14(17)3/h5-11H,1-4H3,(H,21,22)(H,23,24)/b8-7+. The number of carboxylic acid groups (broad SMARTS) is 1. The van der Waals surface area contributed by atoms with E-state index in [1.807, 2.05) is 32.9 Å². The molecule has 0 saturated heterocycles. The number of methoxy groups -OCH3 is 1. The zero-order chi connectivity index (χ0) is 18.6. The number of rotatable bonds is 5. The lowest BCUT2D eigenvalue weighted by molar-refractivity contribution is -0.111. The van der Waals surface area contributed by atoms with Crippen LogP contribution in [-0.2, 0) is 4.79 Å². The molecule has 5 heteroatoms. The molecule has 1 amide bonds. The minimum atomic E-state index is -1.03. The average molecular weight is 339 g/mol. The van der Waals surface area contributed by atoms with E-state index in [0.29, 0.717) is 5.69 Å². The van der Waals surface area contributed by atoms with Crippen LogP contribution in [0.25, 0.3) is 6.08 Å². The summed E-state index contributed by atoms with van der Waals surface area (Å²) in [5.41, 5.74) is 4.37. The van der Waals surface area contributed by atoms with E-state index in [2.05, 4.69) is 5.32 Å². The van der Waals surface area contributed by atoms with Gasteiger partial charge in [0.05, 0.1) is 12.7 Å². The molecule has 0 saturated carbocycles. The van der Waals surface area contributed by atoms with Crippen molar-refractivity contribution in [2.45, 2.75) is 20.8 Å². The van der Waals surface area contributed by atoms with Crippen molar-refractivity contribution in [1.82, 2.24) is 0 Å². The van der Waals surface area contributed by atoms with Gasteiger partial charge in [-0.2, -0.15) is 0 Å². The van der Waals surface area contributed by atoms with Crippen molar-refractivity contribution in [3.63, 3.8) is 0 Å². The highest BCUT2D eigenvalue weighted by atomic mass is 16.5. The number of aromatic carboxylic acids is 1. The molecule has 0 bridgehead atoms. The zero-order valence-corrected chi connectivity index (χ0v) is 14.7. The Labute approximate surface area is 146 Å². The van der Waals surface area contributed by atoms with Crippen molar-refractivity contribution in [2.75, 3.05) is 12.4 Å². The molecule has 0 unspecified atom stereocenters. The molecule has 130 valence electrons. The van der Waals surface area contributed by atoms with Gasteiger partial charge in [-0.05, 0) is 73.4 Å². The van der Waals surface area contributed by atoms with E-state index in [1.54, 1.807) is 19.3 Å². The topological polar surface area (TPSA) is 75.6 Å². The van der Waals surface area contributed by atoms with Crippen LogP contribution in [0, 0.1) is 20.8 Å². The number of hydrogen-bond acceptors (Lipinski definition) is 3. The Morgan fingerprint density at radius 1 is 1.04 bits per heavy atom. The van der Waals surface area contributed by atoms with Gasteiger partial charge in [0.25, 0.3) is 0 Å². The number of carbonyl (C=O) groups is 2. The first kappa shape index (κ1) is 18.3. The number of carbonyl (C=O) groups excluding carboxylic acids is 1. The third-order valence-electron chi connectivity index (χ3n) is 3.95. The van der Waals surface area contributed by atoms with Crippen molar-refractivity contribution >= 4 is 23.6 Å². The van der Waals surface area contributed by atoms with Crippen LogP contribution in [0.15, 0.2) is 36.4 Å². The van der Waals surface area contributed by atoms with E-state index in [4.69, 9.17) is 9.84 Å². The molecule has 0 heterocycles. The minimum Gasteiger partial charge on any atom is -0.497 e. The van der Waals surface area contributed by atoms with Crippen molar-refractivity contribution in [2.24, 2.45) is 0 Å². The zero-order valence-electron chi connectivity index (χ0n) is 14.7. The molecule has 2 rings (SSSR count). The van der Waals surface area contributed by atoms with Crippen LogP contribution in [0.1, 0.15) is 32.6 Å². The maximum Gasteiger partial charge on any atom is 0.335 e. The third-order valence-corrected chi connectivity index (χ3v) is 3.95. The van der Waals surface area contributed by atoms with Crippen molar-refractivity contribution in [3.8, 4) is 5.75 Å². The van der Waals surface area contributed by atoms with E-state index >= 15 is 0 Å². The lowest BCUT2D eigenvalue weighted by Crippen LogP contribution is -2.10. The fourth-order valence-corrected chi connectivity index (χ4v) is 2.54. The van der Waals surface area contributed by atoms with Gasteiger partial charge in [0.2, 0.25) is 5.91 Å². The molecular weight excluding hydrogens is 318 g/mol. The molecular formula is C20H21NO4. The summed E-state index contributed by atoms with van der Waals surface area (Å²) in [6.07, 6.45) is 3.19. The summed E-state index contributed by atoms with van der Waals surface area (Å²) in [5, 5.41) is 11.8. The largest absolute Gasteiger partial charge is 0.497 e. The van der Waals surface area contributed by atoms with Crippen LogP contribution < -0.4 is 10.1 Å². The molecule has 0 aliphatic rings. The van der Waals surface area contributed by atoms with E-state index in [-0.39, 0.29) is 11.5 Å². The second-order valence-corrected chi connectivity index (χ2v) is 5.83. The molecule has 2 aromatic rings. The molecule has 2 aromatic carbocycles.